The highest BCUT2D eigenvalue weighted by Gasteiger charge is 2.27. The number of rotatable bonds is 3. The van der Waals surface area contributed by atoms with Crippen molar-refractivity contribution >= 4 is 11.6 Å². The monoisotopic (exact) mass is 226 g/mol. The molecule has 0 radical (unpaired) electrons. The highest BCUT2D eigenvalue weighted by Crippen LogP contribution is 2.31. The molecule has 0 saturated heterocycles. The van der Waals surface area contributed by atoms with Gasteiger partial charge in [-0.1, -0.05) is 44.5 Å². The van der Waals surface area contributed by atoms with E-state index in [2.05, 4.69) is 6.92 Å². The minimum atomic E-state index is -0.783. The third kappa shape index (κ3) is 2.53. The molecule has 1 aromatic carbocycles. The lowest BCUT2D eigenvalue weighted by atomic mass is 9.84. The Morgan fingerprint density at radius 1 is 1.40 bits per heavy atom. The maximum absolute atomic E-state index is 10.3. The Bertz CT molecular complexity index is 342. The van der Waals surface area contributed by atoms with Crippen LogP contribution < -0.4 is 0 Å². The third-order valence-corrected chi connectivity index (χ3v) is 3.50. The van der Waals surface area contributed by atoms with Crippen molar-refractivity contribution in [3.05, 3.63) is 34.3 Å². The Labute approximate surface area is 97.1 Å². The molecule has 0 aliphatic heterocycles. The molecule has 1 aromatic rings. The molecule has 0 heterocycles. The summed E-state index contributed by atoms with van der Waals surface area (Å²) in [6.45, 7) is 7.94. The second kappa shape index (κ2) is 4.54. The first-order valence-corrected chi connectivity index (χ1v) is 5.78. The number of hydrogen-bond acceptors (Lipinski definition) is 1. The average molecular weight is 227 g/mol. The first kappa shape index (κ1) is 12.5. The summed E-state index contributed by atoms with van der Waals surface area (Å²) in [6, 6.07) is 5.77. The summed E-state index contributed by atoms with van der Waals surface area (Å²) < 4.78 is 0. The van der Waals surface area contributed by atoms with Crippen LogP contribution in [0.5, 0.6) is 0 Å². The summed E-state index contributed by atoms with van der Waals surface area (Å²) in [5, 5.41) is 11.1. The van der Waals surface area contributed by atoms with Gasteiger partial charge in [0.15, 0.2) is 0 Å². The molecule has 2 heteroatoms. The number of aliphatic hydroxyl groups is 1. The van der Waals surface area contributed by atoms with Crippen molar-refractivity contribution in [2.75, 3.05) is 0 Å². The molecule has 0 amide bonds. The summed E-state index contributed by atoms with van der Waals surface area (Å²) in [5.41, 5.74) is 1.25. The van der Waals surface area contributed by atoms with Crippen molar-refractivity contribution in [1.82, 2.24) is 0 Å². The lowest BCUT2D eigenvalue weighted by Gasteiger charge is -2.28. The van der Waals surface area contributed by atoms with Crippen LogP contribution in [0, 0.1) is 5.92 Å². The van der Waals surface area contributed by atoms with E-state index < -0.39 is 5.60 Å². The molecule has 1 rings (SSSR count). The predicted molar refractivity (Wildman–Crippen MR) is 65.2 cm³/mol. The molecule has 0 bridgehead atoms. The molecule has 0 unspecified atom stereocenters. The van der Waals surface area contributed by atoms with Crippen LogP contribution in [0.15, 0.2) is 18.2 Å². The molecular weight excluding hydrogens is 208 g/mol. The highest BCUT2D eigenvalue weighted by molar-refractivity contribution is 6.31. The van der Waals surface area contributed by atoms with Crippen molar-refractivity contribution < 1.29 is 5.11 Å². The van der Waals surface area contributed by atoms with Gasteiger partial charge in [0.25, 0.3) is 0 Å². The smallest absolute Gasteiger partial charge is 0.0891 e. The second-order valence-electron chi connectivity index (χ2n) is 4.46. The Morgan fingerprint density at radius 3 is 2.47 bits per heavy atom. The molecule has 1 N–H and O–H groups in total. The van der Waals surface area contributed by atoms with Gasteiger partial charge in [0, 0.05) is 5.02 Å². The van der Waals surface area contributed by atoms with E-state index in [9.17, 15) is 5.11 Å². The molecule has 0 spiro atoms. The normalized spacial score (nSPS) is 15.4. The predicted octanol–water partition coefficient (Wildman–Crippen LogP) is 3.77. The van der Waals surface area contributed by atoms with Gasteiger partial charge in [0.2, 0.25) is 0 Å². The van der Waals surface area contributed by atoms with Crippen LogP contribution in [0.4, 0.5) is 0 Å². The van der Waals surface area contributed by atoms with Gasteiger partial charge in [-0.3, -0.25) is 0 Å². The van der Waals surface area contributed by atoms with Gasteiger partial charge in [-0.2, -0.15) is 0 Å². The zero-order valence-corrected chi connectivity index (χ0v) is 10.6. The Kier molecular flexibility index (Phi) is 3.80. The standard InChI is InChI=1S/C13H19ClO/c1-5-10-8-11(6-7-12(10)14)13(4,15)9(2)3/h6-9,15H,5H2,1-4H3/t13-/m0/s1. The summed E-state index contributed by atoms with van der Waals surface area (Å²) in [6.07, 6.45) is 0.890. The number of aryl methyl sites for hydroxylation is 1. The van der Waals surface area contributed by atoms with E-state index in [0.717, 1.165) is 22.6 Å². The molecular formula is C13H19ClO. The SMILES string of the molecule is CCc1cc([C@@](C)(O)C(C)C)ccc1Cl. The van der Waals surface area contributed by atoms with Gasteiger partial charge in [-0.05, 0) is 36.5 Å². The molecule has 1 nitrogen and oxygen atoms in total. The van der Waals surface area contributed by atoms with Gasteiger partial charge in [-0.15, -0.1) is 0 Å². The lowest BCUT2D eigenvalue weighted by Crippen LogP contribution is -2.28. The minimum absolute atomic E-state index is 0.184. The maximum atomic E-state index is 10.3. The number of halogens is 1. The molecule has 0 aliphatic carbocycles. The van der Waals surface area contributed by atoms with E-state index in [1.807, 2.05) is 39.0 Å². The van der Waals surface area contributed by atoms with Crippen LogP contribution in [-0.2, 0) is 12.0 Å². The maximum Gasteiger partial charge on any atom is 0.0891 e. The first-order valence-electron chi connectivity index (χ1n) is 5.40. The van der Waals surface area contributed by atoms with Crippen LogP contribution in [0.25, 0.3) is 0 Å². The Balaban J connectivity index is 3.16. The largest absolute Gasteiger partial charge is 0.385 e. The molecule has 0 saturated carbocycles. The van der Waals surface area contributed by atoms with Crippen molar-refractivity contribution in [2.24, 2.45) is 5.92 Å². The second-order valence-corrected chi connectivity index (χ2v) is 4.87. The van der Waals surface area contributed by atoms with Gasteiger partial charge < -0.3 is 5.11 Å². The molecule has 0 fully saturated rings. The van der Waals surface area contributed by atoms with E-state index in [1.165, 1.54) is 0 Å². The lowest BCUT2D eigenvalue weighted by molar-refractivity contribution is 0.00899. The summed E-state index contributed by atoms with van der Waals surface area (Å²) in [4.78, 5) is 0. The fourth-order valence-electron chi connectivity index (χ4n) is 1.49. The molecule has 0 aliphatic rings. The fourth-order valence-corrected chi connectivity index (χ4v) is 1.75. The Hall–Kier alpha value is -0.530. The first-order chi connectivity index (χ1) is 6.89. The van der Waals surface area contributed by atoms with E-state index in [4.69, 9.17) is 11.6 Å². The Morgan fingerprint density at radius 2 is 2.00 bits per heavy atom. The van der Waals surface area contributed by atoms with Gasteiger partial charge in [0.05, 0.1) is 5.60 Å². The highest BCUT2D eigenvalue weighted by atomic mass is 35.5. The van der Waals surface area contributed by atoms with Gasteiger partial charge in [-0.25, -0.2) is 0 Å². The topological polar surface area (TPSA) is 20.2 Å². The molecule has 1 atom stereocenters. The third-order valence-electron chi connectivity index (χ3n) is 3.14. The van der Waals surface area contributed by atoms with Crippen LogP contribution in [0.1, 0.15) is 38.8 Å². The van der Waals surface area contributed by atoms with E-state index in [1.54, 1.807) is 0 Å². The van der Waals surface area contributed by atoms with E-state index in [-0.39, 0.29) is 5.92 Å². The fraction of sp³-hybridized carbons (Fsp3) is 0.538. The van der Waals surface area contributed by atoms with Crippen molar-refractivity contribution in [1.29, 1.82) is 0 Å². The zero-order chi connectivity index (χ0) is 11.6. The van der Waals surface area contributed by atoms with Crippen molar-refractivity contribution in [2.45, 2.75) is 39.7 Å². The van der Waals surface area contributed by atoms with Crippen molar-refractivity contribution in [3.63, 3.8) is 0 Å². The summed E-state index contributed by atoms with van der Waals surface area (Å²) >= 11 is 6.04. The number of benzene rings is 1. The summed E-state index contributed by atoms with van der Waals surface area (Å²) in [5.74, 6) is 0.184. The van der Waals surface area contributed by atoms with Crippen LogP contribution >= 0.6 is 11.6 Å². The quantitative estimate of drug-likeness (QED) is 0.832. The summed E-state index contributed by atoms with van der Waals surface area (Å²) in [7, 11) is 0. The van der Waals surface area contributed by atoms with Crippen LogP contribution in [0.3, 0.4) is 0 Å². The van der Waals surface area contributed by atoms with E-state index >= 15 is 0 Å². The number of hydrogen-bond donors (Lipinski definition) is 1. The van der Waals surface area contributed by atoms with Gasteiger partial charge in [0.1, 0.15) is 0 Å². The van der Waals surface area contributed by atoms with Crippen LogP contribution in [-0.4, -0.2) is 5.11 Å². The van der Waals surface area contributed by atoms with E-state index in [0.29, 0.717) is 0 Å². The molecule has 0 aromatic heterocycles. The van der Waals surface area contributed by atoms with Gasteiger partial charge >= 0.3 is 0 Å². The zero-order valence-electron chi connectivity index (χ0n) is 9.84. The van der Waals surface area contributed by atoms with Crippen LogP contribution in [0.2, 0.25) is 5.02 Å². The minimum Gasteiger partial charge on any atom is -0.385 e. The molecule has 84 valence electrons. The molecule has 15 heavy (non-hydrogen) atoms. The van der Waals surface area contributed by atoms with Crippen molar-refractivity contribution in [3.8, 4) is 0 Å². The average Bonchev–Trinajstić information content (AvgIpc) is 2.18.